The molecule has 0 spiro atoms. The second kappa shape index (κ2) is 6.13. The van der Waals surface area contributed by atoms with Gasteiger partial charge in [-0.2, -0.15) is 8.42 Å². The maximum absolute atomic E-state index is 9.89. The zero-order chi connectivity index (χ0) is 11.4. The van der Waals surface area contributed by atoms with Crippen molar-refractivity contribution in [2.24, 2.45) is 0 Å². The summed E-state index contributed by atoms with van der Waals surface area (Å²) in [4.78, 5) is 0. The molecule has 3 nitrogen and oxygen atoms in total. The predicted octanol–water partition coefficient (Wildman–Crippen LogP) is -1.10. The van der Waals surface area contributed by atoms with Gasteiger partial charge in [0.15, 0.2) is 0 Å². The van der Waals surface area contributed by atoms with E-state index in [4.69, 9.17) is 4.55 Å². The Labute approximate surface area is 93.9 Å². The average Bonchev–Trinajstić information content (AvgIpc) is 1.51. The van der Waals surface area contributed by atoms with Crippen LogP contribution in [0.25, 0.3) is 0 Å². The molecule has 0 aromatic heterocycles. The van der Waals surface area contributed by atoms with E-state index in [0.29, 0.717) is 0 Å². The summed E-state index contributed by atoms with van der Waals surface area (Å²) in [6, 6.07) is 0. The minimum absolute atomic E-state index is 0. The number of hydrogen-bond donors (Lipinski definition) is 1. The summed E-state index contributed by atoms with van der Waals surface area (Å²) in [6.07, 6.45) is 1.12. The molecule has 14 heavy (non-hydrogen) atoms. The number of halogens is 5. The standard InChI is InChI=1S/C3H6O3S.AsF5.Li.H/c1-2-3-7(4,5)6;2-1(3,4,5)6;;/h2H,1,3H2,(H,4,5,6);;;/q;;+1;-1. The molecule has 0 saturated carbocycles. The third-order valence-corrected chi connectivity index (χ3v) is 0.985. The Morgan fingerprint density at radius 2 is 1.50 bits per heavy atom. The van der Waals surface area contributed by atoms with Gasteiger partial charge in [0.05, 0.1) is 5.75 Å². The van der Waals surface area contributed by atoms with E-state index >= 15 is 0 Å². The van der Waals surface area contributed by atoms with E-state index in [1.54, 1.807) is 0 Å². The van der Waals surface area contributed by atoms with Gasteiger partial charge in [-0.15, -0.1) is 6.58 Å². The first-order valence-electron chi connectivity index (χ1n) is 2.47. The molecule has 0 aliphatic heterocycles. The zero-order valence-corrected chi connectivity index (χ0v) is 9.69. The molecule has 1 N–H and O–H groups in total. The van der Waals surface area contributed by atoms with Crippen molar-refractivity contribution >= 4 is 24.9 Å². The van der Waals surface area contributed by atoms with E-state index < -0.39 is 24.9 Å². The van der Waals surface area contributed by atoms with Gasteiger partial charge in [0, 0.05) is 0 Å². The van der Waals surface area contributed by atoms with Gasteiger partial charge in [0.1, 0.15) is 0 Å². The molecule has 0 atom stereocenters. The van der Waals surface area contributed by atoms with Crippen molar-refractivity contribution in [1.82, 2.24) is 0 Å². The van der Waals surface area contributed by atoms with Gasteiger partial charge < -0.3 is 1.43 Å². The molecule has 0 aromatic carbocycles. The van der Waals surface area contributed by atoms with Crippen LogP contribution in [0.4, 0.5) is 17.3 Å². The van der Waals surface area contributed by atoms with Crippen LogP contribution in [0.3, 0.4) is 0 Å². The van der Waals surface area contributed by atoms with Gasteiger partial charge in [-0.05, 0) is 0 Å². The molecule has 84 valence electrons. The average molecular weight is 300 g/mol. The summed E-state index contributed by atoms with van der Waals surface area (Å²) >= 11 is -8.99. The molecule has 0 aromatic rings. The molecule has 0 aliphatic carbocycles. The summed E-state index contributed by atoms with van der Waals surface area (Å²) in [6.45, 7) is 3.11. The minimum Gasteiger partial charge on any atom is -1.00 e. The molecule has 0 saturated heterocycles. The van der Waals surface area contributed by atoms with E-state index in [1.165, 1.54) is 0 Å². The van der Waals surface area contributed by atoms with Crippen LogP contribution in [0.15, 0.2) is 12.7 Å². The maximum Gasteiger partial charge on any atom is 1.00 e. The van der Waals surface area contributed by atoms with Crippen LogP contribution in [-0.4, -0.2) is 33.5 Å². The monoisotopic (exact) mass is 300 g/mol. The molecule has 0 unspecified atom stereocenters. The Balaban J connectivity index is -0.0000000718. The van der Waals surface area contributed by atoms with Crippen LogP contribution in [0.5, 0.6) is 0 Å². The van der Waals surface area contributed by atoms with E-state index in [2.05, 4.69) is 6.58 Å². The van der Waals surface area contributed by atoms with Gasteiger partial charge in [0.2, 0.25) is 0 Å². The summed E-state index contributed by atoms with van der Waals surface area (Å²) in [5.74, 6) is -0.368. The Hall–Kier alpha value is 0.456. The Kier molecular flexibility index (Phi) is 8.73. The number of rotatable bonds is 2. The van der Waals surface area contributed by atoms with E-state index in [0.717, 1.165) is 6.08 Å². The molecule has 0 amide bonds. The fraction of sp³-hybridized carbons (Fsp3) is 0.333. The topological polar surface area (TPSA) is 54.4 Å². The van der Waals surface area contributed by atoms with Crippen LogP contribution in [0.1, 0.15) is 1.43 Å². The normalized spacial score (nSPS) is 13.7. The molecule has 11 heteroatoms. The van der Waals surface area contributed by atoms with E-state index in [-0.39, 0.29) is 26.0 Å². The van der Waals surface area contributed by atoms with E-state index in [9.17, 15) is 25.8 Å². The Morgan fingerprint density at radius 1 is 1.29 bits per heavy atom. The third kappa shape index (κ3) is 82.3. The smallest absolute Gasteiger partial charge is 1.00 e. The molecular weight excluding hydrogens is 293 g/mol. The summed E-state index contributed by atoms with van der Waals surface area (Å²) in [5.41, 5.74) is 0. The maximum atomic E-state index is 9.89. The SMILES string of the molecule is C=CCS(=O)(=O)O.F[As](F)(F)(F)F.[H-].[Li+]. The molecule has 0 rings (SSSR count). The van der Waals surface area contributed by atoms with Crippen molar-refractivity contribution < 1.29 is 50.6 Å². The molecule has 0 bridgehead atoms. The van der Waals surface area contributed by atoms with Crippen LogP contribution in [-0.2, 0) is 10.1 Å². The fourth-order valence-corrected chi connectivity index (χ4v) is 0.447. The Morgan fingerprint density at radius 3 is 1.50 bits per heavy atom. The van der Waals surface area contributed by atoms with Crippen molar-refractivity contribution in [1.29, 1.82) is 0 Å². The first-order valence-corrected chi connectivity index (χ1v) is 7.62. The Bertz CT molecular complexity index is 258. The quantitative estimate of drug-likeness (QED) is 0.305. The summed E-state index contributed by atoms with van der Waals surface area (Å²) in [5, 5.41) is 0. The van der Waals surface area contributed by atoms with Crippen molar-refractivity contribution in [3.05, 3.63) is 12.7 Å². The minimum atomic E-state index is -8.99. The van der Waals surface area contributed by atoms with Gasteiger partial charge in [-0.1, -0.05) is 6.08 Å². The molecule has 0 heterocycles. The zero-order valence-electron chi connectivity index (χ0n) is 8.00. The first kappa shape index (κ1) is 19.9. The van der Waals surface area contributed by atoms with Crippen LogP contribution in [0, 0.1) is 0 Å². The second-order valence-electron chi connectivity index (χ2n) is 1.68. The van der Waals surface area contributed by atoms with Crippen LogP contribution < -0.4 is 18.9 Å². The molecule has 0 radical (unpaired) electrons. The van der Waals surface area contributed by atoms with E-state index in [1.807, 2.05) is 0 Å². The van der Waals surface area contributed by atoms with Gasteiger partial charge in [-0.3, -0.25) is 4.55 Å². The number of hydrogen-bond acceptors (Lipinski definition) is 2. The third-order valence-electron chi connectivity index (χ3n) is 0.328. The van der Waals surface area contributed by atoms with Crippen molar-refractivity contribution in [2.75, 3.05) is 5.75 Å². The predicted molar refractivity (Wildman–Crippen MR) is 39.0 cm³/mol. The summed E-state index contributed by atoms with van der Waals surface area (Å²) in [7, 11) is -3.79. The van der Waals surface area contributed by atoms with Crippen molar-refractivity contribution in [2.45, 2.75) is 0 Å². The van der Waals surface area contributed by atoms with Gasteiger partial charge >= 0.3 is 51.0 Å². The first-order chi connectivity index (χ1) is 5.30. The molecular formula is C3H7AsF5LiO3S. The van der Waals surface area contributed by atoms with Crippen molar-refractivity contribution in [3.63, 3.8) is 0 Å². The molecule has 0 fully saturated rings. The molecule has 0 aliphatic rings. The van der Waals surface area contributed by atoms with Gasteiger partial charge in [0.25, 0.3) is 10.1 Å². The fourth-order valence-electron chi connectivity index (χ4n) is 0.149. The van der Waals surface area contributed by atoms with Crippen molar-refractivity contribution in [3.8, 4) is 0 Å². The largest absolute Gasteiger partial charge is 1.00 e. The summed E-state index contributed by atoms with van der Waals surface area (Å²) < 4.78 is 76.8. The van der Waals surface area contributed by atoms with Crippen LogP contribution >= 0.6 is 0 Å². The van der Waals surface area contributed by atoms with Crippen LogP contribution in [0.2, 0.25) is 0 Å². The van der Waals surface area contributed by atoms with Gasteiger partial charge in [-0.25, -0.2) is 0 Å². The second-order valence-corrected chi connectivity index (χ2v) is 5.85.